The van der Waals surface area contributed by atoms with Crippen molar-refractivity contribution in [2.24, 2.45) is 0 Å². The Hall–Kier alpha value is -1.57. The second-order valence-corrected chi connectivity index (χ2v) is 11.0. The van der Waals surface area contributed by atoms with Crippen LogP contribution in [0.1, 0.15) is 74.5 Å². The van der Waals surface area contributed by atoms with E-state index in [-0.39, 0.29) is 25.8 Å². The molecule has 0 aliphatic heterocycles. The summed E-state index contributed by atoms with van der Waals surface area (Å²) >= 11 is 0.188. The van der Waals surface area contributed by atoms with Crippen LogP contribution in [0.4, 0.5) is 0 Å². The number of carboxylic acid groups (broad SMARTS) is 1. The molecular weight excluding hydrogens is 387 g/mol. The minimum atomic E-state index is -0.835. The zero-order valence-corrected chi connectivity index (χ0v) is 18.1. The van der Waals surface area contributed by atoms with Crippen LogP contribution in [-0.4, -0.2) is 26.0 Å². The number of rotatable bonds is 4. The Labute approximate surface area is 163 Å². The van der Waals surface area contributed by atoms with Crippen LogP contribution < -0.4 is 8.92 Å². The Balaban J connectivity index is 1.96. The van der Waals surface area contributed by atoms with Gasteiger partial charge < -0.3 is 0 Å². The van der Waals surface area contributed by atoms with Crippen LogP contribution in [0.2, 0.25) is 0 Å². The van der Waals surface area contributed by atoms with Gasteiger partial charge in [-0.2, -0.15) is 0 Å². The third-order valence-corrected chi connectivity index (χ3v) is 7.80. The van der Waals surface area contributed by atoms with Gasteiger partial charge in [0.25, 0.3) is 0 Å². The number of benzene rings is 2. The second kappa shape index (κ2) is 6.87. The molecule has 0 spiro atoms. The average Bonchev–Trinajstić information content (AvgIpc) is 2.59. The summed E-state index contributed by atoms with van der Waals surface area (Å²) < 4.78 is 2.61. The Bertz CT molecular complexity index is 849. The Morgan fingerprint density at radius 3 is 2.15 bits per heavy atom. The normalized spacial score (nSPS) is 17.6. The van der Waals surface area contributed by atoms with E-state index in [9.17, 15) is 9.90 Å². The molecule has 0 aromatic heterocycles. The predicted molar refractivity (Wildman–Crippen MR) is 110 cm³/mol. The van der Waals surface area contributed by atoms with Gasteiger partial charge in [0.05, 0.1) is 0 Å². The van der Waals surface area contributed by atoms with Gasteiger partial charge in [0, 0.05) is 0 Å². The summed E-state index contributed by atoms with van der Waals surface area (Å²) in [5.74, 6) is -0.835. The maximum atomic E-state index is 11.3. The first kappa shape index (κ1) is 19.2. The fraction of sp³-hybridized carbons (Fsp3) is 0.435. The van der Waals surface area contributed by atoms with E-state index < -0.39 is 5.97 Å². The molecule has 1 aliphatic rings. The van der Waals surface area contributed by atoms with E-state index in [0.29, 0.717) is 5.56 Å². The average molecular weight is 415 g/mol. The van der Waals surface area contributed by atoms with Crippen LogP contribution in [-0.2, 0) is 17.3 Å². The van der Waals surface area contributed by atoms with Gasteiger partial charge in [-0.1, -0.05) is 0 Å². The molecule has 3 rings (SSSR count). The topological polar surface area (TPSA) is 37.3 Å². The molecule has 1 N–H and O–H groups in total. The number of hydrogen-bond donors (Lipinski definition) is 1. The second-order valence-electron chi connectivity index (χ2n) is 8.55. The van der Waals surface area contributed by atoms with Crippen LogP contribution >= 0.6 is 0 Å². The number of carboxylic acids is 1. The first-order valence-corrected chi connectivity index (χ1v) is 11.0. The number of aryl methyl sites for hydroxylation is 1. The molecule has 0 fully saturated rings. The Morgan fingerprint density at radius 2 is 1.54 bits per heavy atom. The molecule has 2 nitrogen and oxygen atoms in total. The third kappa shape index (κ3) is 3.61. The van der Waals surface area contributed by atoms with Crippen LogP contribution in [0.5, 0.6) is 0 Å². The van der Waals surface area contributed by atoms with Gasteiger partial charge in [-0.25, -0.2) is 0 Å². The van der Waals surface area contributed by atoms with Gasteiger partial charge in [0.15, 0.2) is 0 Å². The number of fused-ring (bicyclic) bond motifs is 1. The van der Waals surface area contributed by atoms with Crippen molar-refractivity contribution in [2.75, 3.05) is 0 Å². The summed E-state index contributed by atoms with van der Waals surface area (Å²) in [6.07, 6.45) is 3.20. The van der Waals surface area contributed by atoms with Gasteiger partial charge in [-0.15, -0.1) is 0 Å². The molecule has 0 bridgehead atoms. The predicted octanol–water partition coefficient (Wildman–Crippen LogP) is 3.95. The van der Waals surface area contributed by atoms with Crippen molar-refractivity contribution in [1.29, 1.82) is 0 Å². The van der Waals surface area contributed by atoms with E-state index in [1.165, 1.54) is 32.9 Å². The van der Waals surface area contributed by atoms with E-state index in [0.717, 1.165) is 12.0 Å². The van der Waals surface area contributed by atoms with E-state index in [2.05, 4.69) is 52.0 Å². The zero-order valence-electron chi connectivity index (χ0n) is 16.3. The molecule has 26 heavy (non-hydrogen) atoms. The van der Waals surface area contributed by atoms with Crippen LogP contribution in [0, 0.1) is 0 Å². The van der Waals surface area contributed by atoms with Crippen LogP contribution in [0.15, 0.2) is 36.4 Å². The van der Waals surface area contributed by atoms with E-state index in [1.807, 2.05) is 13.0 Å². The molecule has 2 aromatic rings. The molecular formula is C23H28O2Se. The molecule has 0 heterocycles. The van der Waals surface area contributed by atoms with Crippen molar-refractivity contribution >= 4 is 29.8 Å². The number of carbonyl (C=O) groups is 1. The molecule has 3 heteroatoms. The fourth-order valence-corrected chi connectivity index (χ4v) is 5.84. The summed E-state index contributed by atoms with van der Waals surface area (Å²) in [6.45, 7) is 11.4. The molecule has 0 saturated heterocycles. The molecule has 0 amide bonds. The van der Waals surface area contributed by atoms with Gasteiger partial charge in [0.1, 0.15) is 0 Å². The SMILES string of the molecule is CCc1cc([Se]c2ccc3c(c2)C(C)(C)CCC3(C)C)ccc1C(=O)O. The first-order chi connectivity index (χ1) is 12.1. The standard InChI is InChI=1S/C23H28O2Se/c1-6-15-13-16(7-9-18(15)21(24)25)26-17-8-10-19-20(14-17)23(4,5)12-11-22(19,2)3/h7-10,13-14H,6,11-12H2,1-5H3,(H,24,25). The van der Waals surface area contributed by atoms with Crippen molar-refractivity contribution in [2.45, 2.75) is 64.7 Å². The van der Waals surface area contributed by atoms with E-state index in [1.54, 1.807) is 6.07 Å². The summed E-state index contributed by atoms with van der Waals surface area (Å²) in [6, 6.07) is 12.9. The third-order valence-electron chi connectivity index (χ3n) is 5.75. The summed E-state index contributed by atoms with van der Waals surface area (Å²) in [5.41, 5.74) is 4.81. The number of hydrogen-bond acceptors (Lipinski definition) is 1. The molecule has 138 valence electrons. The summed E-state index contributed by atoms with van der Waals surface area (Å²) in [4.78, 5) is 11.3. The van der Waals surface area contributed by atoms with Gasteiger partial charge in [0.2, 0.25) is 0 Å². The van der Waals surface area contributed by atoms with E-state index in [4.69, 9.17) is 0 Å². The van der Waals surface area contributed by atoms with Crippen molar-refractivity contribution < 1.29 is 9.90 Å². The maximum absolute atomic E-state index is 11.3. The Kier molecular flexibility index (Phi) is 5.07. The molecule has 2 aromatic carbocycles. The summed E-state index contributed by atoms with van der Waals surface area (Å²) in [7, 11) is 0. The van der Waals surface area contributed by atoms with Crippen molar-refractivity contribution in [3.05, 3.63) is 58.7 Å². The quantitative estimate of drug-likeness (QED) is 0.768. The minimum absolute atomic E-state index is 0.188. The Morgan fingerprint density at radius 1 is 0.962 bits per heavy atom. The fourth-order valence-electron chi connectivity index (χ4n) is 3.90. The van der Waals surface area contributed by atoms with Crippen LogP contribution in [0.3, 0.4) is 0 Å². The molecule has 0 unspecified atom stereocenters. The molecule has 0 radical (unpaired) electrons. The van der Waals surface area contributed by atoms with Crippen molar-refractivity contribution in [3.63, 3.8) is 0 Å². The molecule has 1 aliphatic carbocycles. The molecule has 0 atom stereocenters. The zero-order chi connectivity index (χ0) is 19.1. The van der Waals surface area contributed by atoms with Gasteiger partial charge in [-0.05, 0) is 0 Å². The summed E-state index contributed by atoms with van der Waals surface area (Å²) in [5, 5.41) is 9.32. The van der Waals surface area contributed by atoms with E-state index >= 15 is 0 Å². The van der Waals surface area contributed by atoms with Crippen molar-refractivity contribution in [1.82, 2.24) is 0 Å². The van der Waals surface area contributed by atoms with Gasteiger partial charge in [-0.3, -0.25) is 0 Å². The first-order valence-electron chi connectivity index (χ1n) is 9.33. The monoisotopic (exact) mass is 416 g/mol. The number of aromatic carboxylic acids is 1. The van der Waals surface area contributed by atoms with Crippen molar-refractivity contribution in [3.8, 4) is 0 Å². The van der Waals surface area contributed by atoms with Crippen LogP contribution in [0.25, 0.3) is 0 Å². The molecule has 0 saturated carbocycles. The van der Waals surface area contributed by atoms with Gasteiger partial charge >= 0.3 is 163 Å².